The molecule has 2 aromatic carbocycles. The molecule has 0 aliphatic rings. The standard InChI is InChI=1S/C14H11BrNO/c15-13-8-4-5-9-14(13)16(11-17)10-12-6-2-1-3-7-12/h1-9H,10H2. The van der Waals surface area contributed by atoms with Crippen LogP contribution in [0.25, 0.3) is 0 Å². The molecule has 2 nitrogen and oxygen atoms in total. The van der Waals surface area contributed by atoms with Crippen molar-refractivity contribution in [3.05, 3.63) is 64.6 Å². The van der Waals surface area contributed by atoms with Crippen molar-refractivity contribution < 1.29 is 4.79 Å². The number of rotatable bonds is 4. The topological polar surface area (TPSA) is 20.3 Å². The van der Waals surface area contributed by atoms with E-state index in [1.54, 1.807) is 4.90 Å². The first-order valence-electron chi connectivity index (χ1n) is 5.25. The van der Waals surface area contributed by atoms with E-state index >= 15 is 0 Å². The maximum Gasteiger partial charge on any atom is 0.317 e. The Kier molecular flexibility index (Phi) is 3.94. The third-order valence-corrected chi connectivity index (χ3v) is 3.11. The van der Waals surface area contributed by atoms with Crippen molar-refractivity contribution in [3.63, 3.8) is 0 Å². The van der Waals surface area contributed by atoms with Crippen LogP contribution in [-0.4, -0.2) is 6.41 Å². The molecular formula is C14H11BrNO. The highest BCUT2D eigenvalue weighted by Gasteiger charge is 2.09. The van der Waals surface area contributed by atoms with Gasteiger partial charge >= 0.3 is 6.41 Å². The summed E-state index contributed by atoms with van der Waals surface area (Å²) in [6, 6.07) is 17.5. The minimum absolute atomic E-state index is 0.521. The maximum atomic E-state index is 11.0. The molecule has 85 valence electrons. The van der Waals surface area contributed by atoms with Crippen LogP contribution in [0, 0.1) is 0 Å². The first-order valence-corrected chi connectivity index (χ1v) is 6.04. The summed E-state index contributed by atoms with van der Waals surface area (Å²) in [6.07, 6.45) is 1.96. The fourth-order valence-corrected chi connectivity index (χ4v) is 2.10. The second kappa shape index (κ2) is 5.64. The van der Waals surface area contributed by atoms with Crippen molar-refractivity contribution >= 4 is 28.0 Å². The number of hydrogen-bond acceptors (Lipinski definition) is 1. The number of amides is 1. The fourth-order valence-electron chi connectivity index (χ4n) is 1.60. The number of carbonyl (C=O) groups excluding carboxylic acids is 1. The molecule has 0 aliphatic heterocycles. The molecule has 3 heteroatoms. The molecule has 0 aromatic heterocycles. The minimum atomic E-state index is 0.521. The largest absolute Gasteiger partial charge is 0.317 e. The first kappa shape index (κ1) is 11.9. The lowest BCUT2D eigenvalue weighted by Crippen LogP contribution is -2.20. The molecule has 0 saturated heterocycles. The van der Waals surface area contributed by atoms with E-state index in [2.05, 4.69) is 15.9 Å². The van der Waals surface area contributed by atoms with Crippen molar-refractivity contribution in [2.45, 2.75) is 6.54 Å². The number of benzene rings is 2. The Morgan fingerprint density at radius 3 is 2.29 bits per heavy atom. The lowest BCUT2D eigenvalue weighted by atomic mass is 10.2. The Hall–Kier alpha value is -1.61. The predicted molar refractivity (Wildman–Crippen MR) is 72.5 cm³/mol. The average molecular weight is 289 g/mol. The van der Waals surface area contributed by atoms with Gasteiger partial charge in [0.2, 0.25) is 0 Å². The van der Waals surface area contributed by atoms with Crippen molar-refractivity contribution in [2.75, 3.05) is 4.90 Å². The van der Waals surface area contributed by atoms with Crippen molar-refractivity contribution in [1.29, 1.82) is 0 Å². The van der Waals surface area contributed by atoms with Crippen molar-refractivity contribution in [1.82, 2.24) is 0 Å². The van der Waals surface area contributed by atoms with Gasteiger partial charge in [-0.15, -0.1) is 0 Å². The Balaban J connectivity index is 2.24. The lowest BCUT2D eigenvalue weighted by Gasteiger charge is -2.17. The van der Waals surface area contributed by atoms with Crippen LogP contribution in [0.2, 0.25) is 0 Å². The summed E-state index contributed by atoms with van der Waals surface area (Å²) in [6.45, 7) is 0.521. The lowest BCUT2D eigenvalue weighted by molar-refractivity contribution is 0.550. The zero-order valence-electron chi connectivity index (χ0n) is 9.14. The Bertz CT molecular complexity index is 499. The molecule has 0 bridgehead atoms. The molecule has 17 heavy (non-hydrogen) atoms. The SMILES string of the molecule is O=[C]N(Cc1ccccc1)c1ccccc1Br. The fraction of sp³-hybridized carbons (Fsp3) is 0.0714. The highest BCUT2D eigenvalue weighted by atomic mass is 79.9. The van der Waals surface area contributed by atoms with Crippen LogP contribution in [0.4, 0.5) is 5.69 Å². The summed E-state index contributed by atoms with van der Waals surface area (Å²) in [5, 5.41) is 0. The second-order valence-corrected chi connectivity index (χ2v) is 4.47. The Morgan fingerprint density at radius 1 is 1.00 bits per heavy atom. The molecule has 0 atom stereocenters. The molecule has 0 spiro atoms. The molecule has 1 amide bonds. The van der Waals surface area contributed by atoms with Crippen molar-refractivity contribution in [2.24, 2.45) is 0 Å². The third-order valence-electron chi connectivity index (χ3n) is 2.44. The zero-order valence-corrected chi connectivity index (χ0v) is 10.7. The molecule has 1 radical (unpaired) electrons. The van der Waals surface area contributed by atoms with E-state index in [1.165, 1.54) is 0 Å². The molecule has 2 rings (SSSR count). The van der Waals surface area contributed by atoms with E-state index in [9.17, 15) is 4.79 Å². The van der Waals surface area contributed by atoms with Gasteiger partial charge in [-0.1, -0.05) is 42.5 Å². The zero-order chi connectivity index (χ0) is 12.1. The molecule has 0 saturated carbocycles. The van der Waals surface area contributed by atoms with E-state index in [4.69, 9.17) is 0 Å². The number of anilines is 1. The van der Waals surface area contributed by atoms with Gasteiger partial charge in [0.25, 0.3) is 0 Å². The number of halogens is 1. The smallest absolute Gasteiger partial charge is 0.299 e. The third kappa shape index (κ3) is 2.94. The van der Waals surface area contributed by atoms with Gasteiger partial charge in [-0.25, -0.2) is 0 Å². The molecule has 0 aliphatic carbocycles. The number of para-hydroxylation sites is 1. The molecule has 0 fully saturated rings. The molecule has 2 aromatic rings. The van der Waals surface area contributed by atoms with Crippen LogP contribution in [-0.2, 0) is 11.3 Å². The summed E-state index contributed by atoms with van der Waals surface area (Å²) in [5.74, 6) is 0. The van der Waals surface area contributed by atoms with Gasteiger partial charge in [0, 0.05) is 4.47 Å². The van der Waals surface area contributed by atoms with E-state index in [-0.39, 0.29) is 0 Å². The normalized spacial score (nSPS) is 9.94. The van der Waals surface area contributed by atoms with Crippen LogP contribution in [0.1, 0.15) is 5.56 Å². The average Bonchev–Trinajstić information content (AvgIpc) is 2.38. The first-order chi connectivity index (χ1) is 8.31. The van der Waals surface area contributed by atoms with Crippen LogP contribution in [0.3, 0.4) is 0 Å². The second-order valence-electron chi connectivity index (χ2n) is 3.61. The Morgan fingerprint density at radius 2 is 1.65 bits per heavy atom. The highest BCUT2D eigenvalue weighted by molar-refractivity contribution is 9.10. The van der Waals surface area contributed by atoms with E-state index in [0.717, 1.165) is 15.7 Å². The van der Waals surface area contributed by atoms with Gasteiger partial charge in [-0.3, -0.25) is 9.69 Å². The Labute approximate surface area is 109 Å². The number of nitrogens with zero attached hydrogens (tertiary/aromatic N) is 1. The summed E-state index contributed by atoms with van der Waals surface area (Å²) in [7, 11) is 0. The van der Waals surface area contributed by atoms with Gasteiger partial charge in [0.15, 0.2) is 0 Å². The van der Waals surface area contributed by atoms with E-state index in [0.29, 0.717) is 6.54 Å². The van der Waals surface area contributed by atoms with Gasteiger partial charge in [0.05, 0.1) is 12.2 Å². The highest BCUT2D eigenvalue weighted by Crippen LogP contribution is 2.25. The molecule has 0 heterocycles. The van der Waals surface area contributed by atoms with Crippen LogP contribution in [0.5, 0.6) is 0 Å². The van der Waals surface area contributed by atoms with E-state index < -0.39 is 0 Å². The van der Waals surface area contributed by atoms with E-state index in [1.807, 2.05) is 61.0 Å². The summed E-state index contributed by atoms with van der Waals surface area (Å²) in [4.78, 5) is 12.6. The molecule has 0 N–H and O–H groups in total. The number of hydrogen-bond donors (Lipinski definition) is 0. The van der Waals surface area contributed by atoms with Gasteiger partial charge in [-0.05, 0) is 33.6 Å². The van der Waals surface area contributed by atoms with Crippen LogP contribution < -0.4 is 4.90 Å². The van der Waals surface area contributed by atoms with Crippen LogP contribution >= 0.6 is 15.9 Å². The van der Waals surface area contributed by atoms with Gasteiger partial charge in [-0.2, -0.15) is 0 Å². The summed E-state index contributed by atoms with van der Waals surface area (Å²) in [5.41, 5.74) is 1.90. The summed E-state index contributed by atoms with van der Waals surface area (Å²) < 4.78 is 0.888. The van der Waals surface area contributed by atoms with Gasteiger partial charge in [0.1, 0.15) is 0 Å². The molecule has 0 unspecified atom stereocenters. The predicted octanol–water partition coefficient (Wildman–Crippen LogP) is 3.52. The monoisotopic (exact) mass is 288 g/mol. The minimum Gasteiger partial charge on any atom is -0.299 e. The van der Waals surface area contributed by atoms with Crippen LogP contribution in [0.15, 0.2) is 59.1 Å². The van der Waals surface area contributed by atoms with Gasteiger partial charge < -0.3 is 0 Å². The maximum absolute atomic E-state index is 11.0. The quantitative estimate of drug-likeness (QED) is 0.789. The van der Waals surface area contributed by atoms with Crippen molar-refractivity contribution in [3.8, 4) is 0 Å². The summed E-state index contributed by atoms with van der Waals surface area (Å²) >= 11 is 3.43. The molecular weight excluding hydrogens is 278 g/mol.